The van der Waals surface area contributed by atoms with Gasteiger partial charge in [-0.05, 0) is 31.0 Å². The van der Waals surface area contributed by atoms with Crippen LogP contribution in [0.4, 0.5) is 0 Å². The van der Waals surface area contributed by atoms with Gasteiger partial charge in [-0.2, -0.15) is 0 Å². The van der Waals surface area contributed by atoms with E-state index >= 15 is 0 Å². The minimum Gasteiger partial charge on any atom is -0.508 e. The lowest BCUT2D eigenvalue weighted by Gasteiger charge is -2.07. The SMILES string of the molecule is CC(=O)NCCc1cc(O)c(C)c(O)c1. The molecule has 4 heteroatoms. The van der Waals surface area contributed by atoms with E-state index in [2.05, 4.69) is 5.32 Å². The van der Waals surface area contributed by atoms with E-state index in [0.29, 0.717) is 18.5 Å². The molecule has 3 N–H and O–H groups in total. The van der Waals surface area contributed by atoms with Crippen LogP contribution in [0.15, 0.2) is 12.1 Å². The molecule has 0 aliphatic carbocycles. The topological polar surface area (TPSA) is 69.6 Å². The van der Waals surface area contributed by atoms with Gasteiger partial charge in [-0.15, -0.1) is 0 Å². The molecule has 0 aromatic heterocycles. The summed E-state index contributed by atoms with van der Waals surface area (Å²) >= 11 is 0. The number of benzene rings is 1. The fraction of sp³-hybridized carbons (Fsp3) is 0.364. The monoisotopic (exact) mass is 209 g/mol. The van der Waals surface area contributed by atoms with Crippen molar-refractivity contribution in [2.24, 2.45) is 0 Å². The average molecular weight is 209 g/mol. The van der Waals surface area contributed by atoms with Crippen LogP contribution in [0.25, 0.3) is 0 Å². The van der Waals surface area contributed by atoms with Gasteiger partial charge in [0.2, 0.25) is 5.91 Å². The summed E-state index contributed by atoms with van der Waals surface area (Å²) in [4.78, 5) is 10.6. The lowest BCUT2D eigenvalue weighted by Crippen LogP contribution is -2.22. The Kier molecular flexibility index (Phi) is 3.55. The predicted octanol–water partition coefficient (Wildman–Crippen LogP) is 1.08. The lowest BCUT2D eigenvalue weighted by atomic mass is 10.1. The van der Waals surface area contributed by atoms with Crippen molar-refractivity contribution in [3.63, 3.8) is 0 Å². The number of hydrogen-bond donors (Lipinski definition) is 3. The maximum atomic E-state index is 10.6. The molecule has 0 radical (unpaired) electrons. The van der Waals surface area contributed by atoms with Crippen molar-refractivity contribution in [3.8, 4) is 11.5 Å². The Labute approximate surface area is 88.6 Å². The molecule has 4 nitrogen and oxygen atoms in total. The molecule has 0 aliphatic rings. The third kappa shape index (κ3) is 3.16. The third-order valence-corrected chi connectivity index (χ3v) is 2.20. The van der Waals surface area contributed by atoms with E-state index in [1.807, 2.05) is 0 Å². The van der Waals surface area contributed by atoms with Crippen LogP contribution in [0, 0.1) is 6.92 Å². The van der Waals surface area contributed by atoms with Crippen LogP contribution in [0.1, 0.15) is 18.1 Å². The molecule has 1 aromatic rings. The van der Waals surface area contributed by atoms with Crippen molar-refractivity contribution < 1.29 is 15.0 Å². The zero-order valence-electron chi connectivity index (χ0n) is 8.87. The molecule has 1 amide bonds. The molecule has 0 saturated heterocycles. The molecule has 1 rings (SSSR count). The average Bonchev–Trinajstić information content (AvgIpc) is 2.13. The number of carbonyl (C=O) groups is 1. The predicted molar refractivity (Wildman–Crippen MR) is 56.9 cm³/mol. The summed E-state index contributed by atoms with van der Waals surface area (Å²) in [6, 6.07) is 3.19. The maximum absolute atomic E-state index is 10.6. The Bertz CT molecular complexity index is 351. The fourth-order valence-corrected chi connectivity index (χ4v) is 1.27. The second-order valence-corrected chi connectivity index (χ2v) is 3.49. The Balaban J connectivity index is 2.66. The van der Waals surface area contributed by atoms with Gasteiger partial charge in [0.05, 0.1) is 0 Å². The largest absolute Gasteiger partial charge is 0.508 e. The molecule has 0 unspecified atom stereocenters. The first kappa shape index (κ1) is 11.4. The number of nitrogens with one attached hydrogen (secondary N) is 1. The van der Waals surface area contributed by atoms with Crippen LogP contribution in [0.2, 0.25) is 0 Å². The Morgan fingerprint density at radius 3 is 2.33 bits per heavy atom. The summed E-state index contributed by atoms with van der Waals surface area (Å²) in [6.07, 6.45) is 0.584. The van der Waals surface area contributed by atoms with Crippen molar-refractivity contribution in [1.82, 2.24) is 5.32 Å². The number of hydrogen-bond acceptors (Lipinski definition) is 3. The zero-order valence-corrected chi connectivity index (χ0v) is 8.87. The van der Waals surface area contributed by atoms with E-state index in [4.69, 9.17) is 0 Å². The van der Waals surface area contributed by atoms with Gasteiger partial charge < -0.3 is 15.5 Å². The summed E-state index contributed by atoms with van der Waals surface area (Å²) in [6.45, 7) is 3.59. The van der Waals surface area contributed by atoms with E-state index in [0.717, 1.165) is 5.56 Å². The molecule has 1 aromatic carbocycles. The second kappa shape index (κ2) is 4.68. The van der Waals surface area contributed by atoms with E-state index in [1.54, 1.807) is 19.1 Å². The molecule has 0 fully saturated rings. The lowest BCUT2D eigenvalue weighted by molar-refractivity contribution is -0.118. The molecule has 82 valence electrons. The van der Waals surface area contributed by atoms with Crippen LogP contribution in [0.5, 0.6) is 11.5 Å². The highest BCUT2D eigenvalue weighted by Crippen LogP contribution is 2.27. The number of carbonyl (C=O) groups excluding carboxylic acids is 1. The summed E-state index contributed by atoms with van der Waals surface area (Å²) in [5.74, 6) is 0.0659. The number of phenolic OH excluding ortho intramolecular Hbond substituents is 2. The highest BCUT2D eigenvalue weighted by molar-refractivity contribution is 5.72. The normalized spacial score (nSPS) is 10.0. The Morgan fingerprint density at radius 2 is 1.87 bits per heavy atom. The number of amides is 1. The molecule has 0 saturated carbocycles. The summed E-state index contributed by atoms with van der Waals surface area (Å²) in [5, 5.41) is 21.5. The van der Waals surface area contributed by atoms with Crippen LogP contribution in [0.3, 0.4) is 0 Å². The van der Waals surface area contributed by atoms with Gasteiger partial charge >= 0.3 is 0 Å². The van der Waals surface area contributed by atoms with Gasteiger partial charge in [0.15, 0.2) is 0 Å². The van der Waals surface area contributed by atoms with Crippen molar-refractivity contribution in [2.75, 3.05) is 6.54 Å². The van der Waals surface area contributed by atoms with Crippen molar-refractivity contribution in [1.29, 1.82) is 0 Å². The zero-order chi connectivity index (χ0) is 11.4. The fourth-order valence-electron chi connectivity index (χ4n) is 1.27. The Hall–Kier alpha value is -1.71. The first-order chi connectivity index (χ1) is 7.00. The van der Waals surface area contributed by atoms with Gasteiger partial charge in [0, 0.05) is 19.0 Å². The maximum Gasteiger partial charge on any atom is 0.216 e. The van der Waals surface area contributed by atoms with E-state index < -0.39 is 0 Å². The summed E-state index contributed by atoms with van der Waals surface area (Å²) < 4.78 is 0. The van der Waals surface area contributed by atoms with Gasteiger partial charge in [0.25, 0.3) is 0 Å². The quantitative estimate of drug-likeness (QED) is 0.697. The molecule has 0 spiro atoms. The summed E-state index contributed by atoms with van der Waals surface area (Å²) in [7, 11) is 0. The first-order valence-electron chi connectivity index (χ1n) is 4.76. The van der Waals surface area contributed by atoms with E-state index in [9.17, 15) is 15.0 Å². The van der Waals surface area contributed by atoms with Crippen molar-refractivity contribution >= 4 is 5.91 Å². The highest BCUT2D eigenvalue weighted by atomic mass is 16.3. The van der Waals surface area contributed by atoms with E-state index in [1.165, 1.54) is 6.92 Å². The highest BCUT2D eigenvalue weighted by Gasteiger charge is 2.05. The minimum absolute atomic E-state index is 0.0767. The van der Waals surface area contributed by atoms with Crippen LogP contribution < -0.4 is 5.32 Å². The smallest absolute Gasteiger partial charge is 0.216 e. The van der Waals surface area contributed by atoms with Crippen LogP contribution in [-0.4, -0.2) is 22.7 Å². The first-order valence-corrected chi connectivity index (χ1v) is 4.76. The standard InChI is InChI=1S/C11H15NO3/c1-7-10(14)5-9(6-11(7)15)3-4-12-8(2)13/h5-6,14-15H,3-4H2,1-2H3,(H,12,13). The molecular formula is C11H15NO3. The van der Waals surface area contributed by atoms with Gasteiger partial charge in [-0.25, -0.2) is 0 Å². The number of aromatic hydroxyl groups is 2. The summed E-state index contributed by atoms with van der Waals surface area (Å²) in [5.41, 5.74) is 1.27. The Morgan fingerprint density at radius 1 is 1.33 bits per heavy atom. The van der Waals surface area contributed by atoms with E-state index in [-0.39, 0.29) is 17.4 Å². The molecule has 0 atom stereocenters. The molecule has 0 aliphatic heterocycles. The van der Waals surface area contributed by atoms with Gasteiger partial charge in [-0.3, -0.25) is 4.79 Å². The molecule has 0 bridgehead atoms. The molecular weight excluding hydrogens is 194 g/mol. The van der Waals surface area contributed by atoms with Crippen LogP contribution >= 0.6 is 0 Å². The number of rotatable bonds is 3. The van der Waals surface area contributed by atoms with Crippen molar-refractivity contribution in [3.05, 3.63) is 23.3 Å². The van der Waals surface area contributed by atoms with Crippen LogP contribution in [-0.2, 0) is 11.2 Å². The third-order valence-electron chi connectivity index (χ3n) is 2.20. The second-order valence-electron chi connectivity index (χ2n) is 3.49. The molecule has 15 heavy (non-hydrogen) atoms. The van der Waals surface area contributed by atoms with Gasteiger partial charge in [0.1, 0.15) is 11.5 Å². The minimum atomic E-state index is -0.0874. The van der Waals surface area contributed by atoms with Gasteiger partial charge in [-0.1, -0.05) is 0 Å². The molecule has 0 heterocycles. The number of phenols is 2. The van der Waals surface area contributed by atoms with Crippen molar-refractivity contribution in [2.45, 2.75) is 20.3 Å².